The highest BCUT2D eigenvalue weighted by Crippen LogP contribution is 2.34. The predicted octanol–water partition coefficient (Wildman–Crippen LogP) is 4.21. The molecule has 8 heteroatoms. The van der Waals surface area contributed by atoms with E-state index in [1.165, 1.54) is 17.0 Å². The van der Waals surface area contributed by atoms with Gasteiger partial charge in [0.05, 0.1) is 18.6 Å². The number of aryl methyl sites for hydroxylation is 1. The zero-order valence-corrected chi connectivity index (χ0v) is 17.7. The number of fused-ring (bicyclic) bond motifs is 1. The number of amides is 1. The first kappa shape index (κ1) is 20.9. The maximum atomic E-state index is 12.5. The minimum atomic E-state index is -0.434. The third-order valence-electron chi connectivity index (χ3n) is 6.01. The third-order valence-corrected chi connectivity index (χ3v) is 6.01. The molecule has 2 aromatic carbocycles. The SMILES string of the molecule is COc1ccc2[nH]cc(C3CCN(CC(=O)Nc4ccc(C)c([N+](=O)[O-])c4)CC3)c2c1. The smallest absolute Gasteiger partial charge is 0.274 e. The Kier molecular flexibility index (Phi) is 5.90. The molecule has 0 radical (unpaired) electrons. The number of piperidine rings is 1. The van der Waals surface area contributed by atoms with Crippen LogP contribution in [0, 0.1) is 17.0 Å². The quantitative estimate of drug-likeness (QED) is 0.458. The van der Waals surface area contributed by atoms with Crippen LogP contribution in [-0.4, -0.2) is 47.5 Å². The molecule has 0 bridgehead atoms. The number of H-pyrrole nitrogens is 1. The molecule has 1 saturated heterocycles. The molecule has 0 aliphatic carbocycles. The van der Waals surface area contributed by atoms with Gasteiger partial charge >= 0.3 is 0 Å². The van der Waals surface area contributed by atoms with E-state index in [1.807, 2.05) is 12.1 Å². The average Bonchev–Trinajstić information content (AvgIpc) is 3.18. The highest BCUT2D eigenvalue weighted by atomic mass is 16.6. The molecule has 8 nitrogen and oxygen atoms in total. The number of rotatable bonds is 6. The van der Waals surface area contributed by atoms with E-state index in [-0.39, 0.29) is 18.1 Å². The second-order valence-corrected chi connectivity index (χ2v) is 8.01. The van der Waals surface area contributed by atoms with Crippen molar-refractivity contribution in [3.63, 3.8) is 0 Å². The van der Waals surface area contributed by atoms with Crippen molar-refractivity contribution < 1.29 is 14.5 Å². The molecule has 1 amide bonds. The molecule has 0 spiro atoms. The number of hydrogen-bond donors (Lipinski definition) is 2. The van der Waals surface area contributed by atoms with Gasteiger partial charge in [-0.1, -0.05) is 6.07 Å². The molecule has 1 aromatic heterocycles. The van der Waals surface area contributed by atoms with Gasteiger partial charge in [0, 0.05) is 34.4 Å². The number of carbonyl (C=O) groups excluding carboxylic acids is 1. The largest absolute Gasteiger partial charge is 0.497 e. The second-order valence-electron chi connectivity index (χ2n) is 8.01. The van der Waals surface area contributed by atoms with Crippen molar-refractivity contribution in [2.45, 2.75) is 25.7 Å². The maximum absolute atomic E-state index is 12.5. The van der Waals surface area contributed by atoms with E-state index in [0.29, 0.717) is 17.2 Å². The minimum absolute atomic E-state index is 0.00831. The van der Waals surface area contributed by atoms with Crippen molar-refractivity contribution in [1.82, 2.24) is 9.88 Å². The van der Waals surface area contributed by atoms with Crippen LogP contribution in [0.25, 0.3) is 10.9 Å². The first-order valence-electron chi connectivity index (χ1n) is 10.4. The Labute approximate surface area is 180 Å². The molecule has 162 valence electrons. The Balaban J connectivity index is 1.35. The van der Waals surface area contributed by atoms with Crippen LogP contribution in [0.15, 0.2) is 42.6 Å². The fourth-order valence-electron chi connectivity index (χ4n) is 4.28. The second kappa shape index (κ2) is 8.77. The Morgan fingerprint density at radius 1 is 1.26 bits per heavy atom. The van der Waals surface area contributed by atoms with E-state index in [2.05, 4.69) is 27.5 Å². The summed E-state index contributed by atoms with van der Waals surface area (Å²) >= 11 is 0. The van der Waals surface area contributed by atoms with Crippen molar-refractivity contribution in [3.05, 3.63) is 63.8 Å². The number of ether oxygens (including phenoxy) is 1. The summed E-state index contributed by atoms with van der Waals surface area (Å²) in [6.07, 6.45) is 4.02. The van der Waals surface area contributed by atoms with Crippen molar-refractivity contribution in [2.24, 2.45) is 0 Å². The summed E-state index contributed by atoms with van der Waals surface area (Å²) in [5.41, 5.74) is 3.42. The summed E-state index contributed by atoms with van der Waals surface area (Å²) in [6.45, 7) is 3.60. The van der Waals surface area contributed by atoms with E-state index >= 15 is 0 Å². The van der Waals surface area contributed by atoms with Gasteiger partial charge in [0.2, 0.25) is 5.91 Å². The molecule has 31 heavy (non-hydrogen) atoms. The fraction of sp³-hybridized carbons (Fsp3) is 0.348. The molecule has 1 aliphatic rings. The van der Waals surface area contributed by atoms with Gasteiger partial charge < -0.3 is 15.0 Å². The lowest BCUT2D eigenvalue weighted by atomic mass is 9.89. The minimum Gasteiger partial charge on any atom is -0.497 e. The number of carbonyl (C=O) groups is 1. The number of aromatic amines is 1. The molecule has 2 N–H and O–H groups in total. The first-order valence-corrected chi connectivity index (χ1v) is 10.4. The van der Waals surface area contributed by atoms with E-state index < -0.39 is 4.92 Å². The molecule has 0 unspecified atom stereocenters. The zero-order chi connectivity index (χ0) is 22.0. The molecule has 2 heterocycles. The lowest BCUT2D eigenvalue weighted by Gasteiger charge is -2.31. The van der Waals surface area contributed by atoms with Crippen molar-refractivity contribution in [2.75, 3.05) is 32.1 Å². The molecule has 4 rings (SSSR count). The lowest BCUT2D eigenvalue weighted by Crippen LogP contribution is -2.38. The van der Waals surface area contributed by atoms with Crippen molar-refractivity contribution >= 4 is 28.2 Å². The lowest BCUT2D eigenvalue weighted by molar-refractivity contribution is -0.385. The number of hydrogen-bond acceptors (Lipinski definition) is 5. The number of benzene rings is 2. The number of aromatic nitrogens is 1. The summed E-state index contributed by atoms with van der Waals surface area (Å²) in [5.74, 6) is 1.12. The van der Waals surface area contributed by atoms with Crippen LogP contribution in [0.5, 0.6) is 5.75 Å². The Bertz CT molecular complexity index is 1120. The van der Waals surface area contributed by atoms with Gasteiger partial charge in [0.15, 0.2) is 0 Å². The van der Waals surface area contributed by atoms with Gasteiger partial charge in [-0.2, -0.15) is 0 Å². The number of anilines is 1. The van der Waals surface area contributed by atoms with Crippen LogP contribution in [-0.2, 0) is 4.79 Å². The van der Waals surface area contributed by atoms with Crippen LogP contribution in [0.1, 0.15) is 29.9 Å². The van der Waals surface area contributed by atoms with Gasteiger partial charge in [-0.05, 0) is 68.6 Å². The number of nitrogens with zero attached hydrogens (tertiary/aromatic N) is 2. The van der Waals surface area contributed by atoms with Gasteiger partial charge in [0.25, 0.3) is 5.69 Å². The summed E-state index contributed by atoms with van der Waals surface area (Å²) in [5, 5.41) is 15.1. The van der Waals surface area contributed by atoms with Crippen LogP contribution in [0.4, 0.5) is 11.4 Å². The van der Waals surface area contributed by atoms with Gasteiger partial charge in [0.1, 0.15) is 5.75 Å². The van der Waals surface area contributed by atoms with Crippen LogP contribution >= 0.6 is 0 Å². The Hall–Kier alpha value is -3.39. The van der Waals surface area contributed by atoms with E-state index in [9.17, 15) is 14.9 Å². The summed E-state index contributed by atoms with van der Waals surface area (Å²) < 4.78 is 5.37. The standard InChI is InChI=1S/C23H26N4O4/c1-15-3-4-17(11-22(15)27(29)30)25-23(28)14-26-9-7-16(8-10-26)20-13-24-21-6-5-18(31-2)12-19(20)21/h3-6,11-13,16,24H,7-10,14H2,1-2H3,(H,25,28). The van der Waals surface area contributed by atoms with Gasteiger partial charge in [-0.15, -0.1) is 0 Å². The Morgan fingerprint density at radius 3 is 2.74 bits per heavy atom. The highest BCUT2D eigenvalue weighted by Gasteiger charge is 2.24. The topological polar surface area (TPSA) is 100 Å². The summed E-state index contributed by atoms with van der Waals surface area (Å²) in [4.78, 5) is 28.6. The molecule has 1 aliphatic heterocycles. The van der Waals surface area contributed by atoms with Gasteiger partial charge in [-0.25, -0.2) is 0 Å². The monoisotopic (exact) mass is 422 g/mol. The first-order chi connectivity index (χ1) is 14.9. The van der Waals surface area contributed by atoms with E-state index in [4.69, 9.17) is 4.74 Å². The van der Waals surface area contributed by atoms with E-state index in [1.54, 1.807) is 26.2 Å². The number of likely N-dealkylation sites (tertiary alicyclic amines) is 1. The van der Waals surface area contributed by atoms with Crippen LogP contribution in [0.3, 0.4) is 0 Å². The number of methoxy groups -OCH3 is 1. The molecular formula is C23H26N4O4. The average molecular weight is 422 g/mol. The zero-order valence-electron chi connectivity index (χ0n) is 17.7. The molecule has 0 saturated carbocycles. The van der Waals surface area contributed by atoms with Crippen molar-refractivity contribution in [1.29, 1.82) is 0 Å². The molecule has 1 fully saturated rings. The predicted molar refractivity (Wildman–Crippen MR) is 120 cm³/mol. The molecule has 3 aromatic rings. The number of nitro benzene ring substituents is 1. The number of nitro groups is 1. The van der Waals surface area contributed by atoms with Crippen molar-refractivity contribution in [3.8, 4) is 5.75 Å². The van der Waals surface area contributed by atoms with Crippen LogP contribution < -0.4 is 10.1 Å². The third kappa shape index (κ3) is 4.54. The summed E-state index contributed by atoms with van der Waals surface area (Å²) in [7, 11) is 1.67. The van der Waals surface area contributed by atoms with Gasteiger partial charge in [-0.3, -0.25) is 19.8 Å². The molecule has 0 atom stereocenters. The number of nitrogens with one attached hydrogen (secondary N) is 2. The van der Waals surface area contributed by atoms with E-state index in [0.717, 1.165) is 37.2 Å². The highest BCUT2D eigenvalue weighted by molar-refractivity contribution is 5.92. The maximum Gasteiger partial charge on any atom is 0.274 e. The normalized spacial score (nSPS) is 15.2. The molecular weight excluding hydrogens is 396 g/mol. The Morgan fingerprint density at radius 2 is 2.03 bits per heavy atom. The summed E-state index contributed by atoms with van der Waals surface area (Å²) in [6, 6.07) is 10.8. The fourth-order valence-corrected chi connectivity index (χ4v) is 4.28. The van der Waals surface area contributed by atoms with Crippen LogP contribution in [0.2, 0.25) is 0 Å².